The molecule has 0 bridgehead atoms. The number of rotatable bonds is 6. The maximum Gasteiger partial charge on any atom is 0.235 e. The van der Waals surface area contributed by atoms with Crippen LogP contribution >= 0.6 is 11.6 Å². The molecule has 166 valence electrons. The van der Waals surface area contributed by atoms with Crippen LogP contribution in [0.15, 0.2) is 66.7 Å². The molecule has 1 aliphatic heterocycles. The van der Waals surface area contributed by atoms with Crippen molar-refractivity contribution >= 4 is 23.2 Å². The molecule has 0 aliphatic carbocycles. The number of hydrogen-bond donors (Lipinski definition) is 1. The average Bonchev–Trinajstić information content (AvgIpc) is 2.80. The van der Waals surface area contributed by atoms with Crippen molar-refractivity contribution in [2.75, 3.05) is 18.5 Å². The molecular weight excluding hydrogens is 422 g/mol. The monoisotopic (exact) mass is 449 g/mol. The van der Waals surface area contributed by atoms with E-state index in [1.54, 1.807) is 0 Å². The van der Waals surface area contributed by atoms with Crippen LogP contribution in [0.4, 0.5) is 5.69 Å². The van der Waals surface area contributed by atoms with Crippen molar-refractivity contribution in [2.45, 2.75) is 38.7 Å². The highest BCUT2D eigenvalue weighted by atomic mass is 35.5. The largest absolute Gasteiger partial charge is 0.488 e. The van der Waals surface area contributed by atoms with Crippen LogP contribution in [0, 0.1) is 13.8 Å². The van der Waals surface area contributed by atoms with Gasteiger partial charge >= 0.3 is 0 Å². The third-order valence-electron chi connectivity index (χ3n) is 6.12. The third kappa shape index (κ3) is 4.82. The SMILES string of the molecule is Cc1cc(NC(=O)C2(c3ccc(Cl)cc3)CCOCC2)cc(C)c1OCc1ccccc1. The van der Waals surface area contributed by atoms with Gasteiger partial charge in [-0.3, -0.25) is 4.79 Å². The van der Waals surface area contributed by atoms with Crippen molar-refractivity contribution in [3.05, 3.63) is 94.0 Å². The standard InChI is InChI=1S/C27H28ClNO3/c1-19-16-24(17-20(2)25(19)32-18-21-6-4-3-5-7-21)29-26(30)27(12-14-31-15-13-27)22-8-10-23(28)11-9-22/h3-11,16-17H,12-15,18H2,1-2H3,(H,29,30). The van der Waals surface area contributed by atoms with E-state index in [1.165, 1.54) is 0 Å². The molecule has 3 aromatic rings. The van der Waals surface area contributed by atoms with E-state index < -0.39 is 5.41 Å². The lowest BCUT2D eigenvalue weighted by Crippen LogP contribution is -2.44. The molecule has 5 heteroatoms. The summed E-state index contributed by atoms with van der Waals surface area (Å²) in [6.45, 7) is 5.63. The lowest BCUT2D eigenvalue weighted by molar-refractivity contribution is -0.125. The summed E-state index contributed by atoms with van der Waals surface area (Å²) >= 11 is 6.08. The number of benzene rings is 3. The molecule has 1 amide bonds. The first-order valence-electron chi connectivity index (χ1n) is 10.9. The van der Waals surface area contributed by atoms with Gasteiger partial charge in [0, 0.05) is 23.9 Å². The van der Waals surface area contributed by atoms with Crippen molar-refractivity contribution in [2.24, 2.45) is 0 Å². The van der Waals surface area contributed by atoms with E-state index in [1.807, 2.05) is 80.6 Å². The van der Waals surface area contributed by atoms with E-state index in [2.05, 4.69) is 5.32 Å². The molecule has 0 unspecified atom stereocenters. The summed E-state index contributed by atoms with van der Waals surface area (Å²) < 4.78 is 11.7. The summed E-state index contributed by atoms with van der Waals surface area (Å²) in [4.78, 5) is 13.6. The van der Waals surface area contributed by atoms with Gasteiger partial charge in [-0.15, -0.1) is 0 Å². The Balaban J connectivity index is 1.54. The molecule has 1 heterocycles. The number of amides is 1. The van der Waals surface area contributed by atoms with Crippen LogP contribution in [0.3, 0.4) is 0 Å². The number of carbonyl (C=O) groups is 1. The minimum atomic E-state index is -0.632. The van der Waals surface area contributed by atoms with Gasteiger partial charge in [-0.2, -0.15) is 0 Å². The van der Waals surface area contributed by atoms with Gasteiger partial charge in [0.15, 0.2) is 0 Å². The van der Waals surface area contributed by atoms with Crippen molar-refractivity contribution < 1.29 is 14.3 Å². The maximum atomic E-state index is 13.6. The zero-order valence-corrected chi connectivity index (χ0v) is 19.2. The Morgan fingerprint density at radius 3 is 2.25 bits per heavy atom. The number of nitrogens with one attached hydrogen (secondary N) is 1. The molecule has 1 N–H and O–H groups in total. The molecule has 4 nitrogen and oxygen atoms in total. The predicted molar refractivity (Wildman–Crippen MR) is 129 cm³/mol. The Morgan fingerprint density at radius 2 is 1.62 bits per heavy atom. The molecule has 0 saturated carbocycles. The molecule has 0 aromatic heterocycles. The van der Waals surface area contributed by atoms with Crippen LogP contribution in [-0.2, 0) is 21.6 Å². The topological polar surface area (TPSA) is 47.6 Å². The van der Waals surface area contributed by atoms with Crippen LogP contribution in [0.2, 0.25) is 5.02 Å². The highest BCUT2D eigenvalue weighted by molar-refractivity contribution is 6.30. The Hall–Kier alpha value is -2.82. The second kappa shape index (κ2) is 9.76. The van der Waals surface area contributed by atoms with Gasteiger partial charge in [-0.25, -0.2) is 0 Å². The van der Waals surface area contributed by atoms with Crippen LogP contribution in [-0.4, -0.2) is 19.1 Å². The zero-order valence-electron chi connectivity index (χ0n) is 18.5. The second-order valence-corrected chi connectivity index (χ2v) is 8.81. The number of anilines is 1. The van der Waals surface area contributed by atoms with Crippen molar-refractivity contribution in [3.63, 3.8) is 0 Å². The van der Waals surface area contributed by atoms with E-state index in [9.17, 15) is 4.79 Å². The van der Waals surface area contributed by atoms with Gasteiger partial charge in [0.05, 0.1) is 5.41 Å². The molecule has 3 aromatic carbocycles. The van der Waals surface area contributed by atoms with E-state index in [4.69, 9.17) is 21.1 Å². The Morgan fingerprint density at radius 1 is 1.00 bits per heavy atom. The van der Waals surface area contributed by atoms with E-state index in [0.717, 1.165) is 33.7 Å². The summed E-state index contributed by atoms with van der Waals surface area (Å²) in [5.74, 6) is 0.838. The van der Waals surface area contributed by atoms with Gasteiger partial charge in [0.2, 0.25) is 5.91 Å². The number of halogens is 1. The first kappa shape index (κ1) is 22.4. The number of ether oxygens (including phenoxy) is 2. The van der Waals surface area contributed by atoms with Gasteiger partial charge in [0.25, 0.3) is 0 Å². The fourth-order valence-electron chi connectivity index (χ4n) is 4.37. The summed E-state index contributed by atoms with van der Waals surface area (Å²) in [6.07, 6.45) is 1.27. The predicted octanol–water partition coefficient (Wildman–Crippen LogP) is 6.22. The first-order valence-corrected chi connectivity index (χ1v) is 11.3. The lowest BCUT2D eigenvalue weighted by Gasteiger charge is -2.36. The van der Waals surface area contributed by atoms with Gasteiger partial charge in [-0.05, 0) is 73.2 Å². The summed E-state index contributed by atoms with van der Waals surface area (Å²) in [5, 5.41) is 3.83. The van der Waals surface area contributed by atoms with Crippen molar-refractivity contribution in [1.82, 2.24) is 0 Å². The molecule has 1 aliphatic rings. The lowest BCUT2D eigenvalue weighted by atomic mass is 9.73. The van der Waals surface area contributed by atoms with Crippen LogP contribution in [0.1, 0.15) is 35.1 Å². The maximum absolute atomic E-state index is 13.6. The Kier molecular flexibility index (Phi) is 6.83. The molecule has 0 spiro atoms. The fraction of sp³-hybridized carbons (Fsp3) is 0.296. The highest BCUT2D eigenvalue weighted by Crippen LogP contribution is 2.37. The van der Waals surface area contributed by atoms with Crippen molar-refractivity contribution in [1.29, 1.82) is 0 Å². The number of aryl methyl sites for hydroxylation is 2. The van der Waals surface area contributed by atoms with Gasteiger partial charge in [0.1, 0.15) is 12.4 Å². The highest BCUT2D eigenvalue weighted by Gasteiger charge is 2.41. The summed E-state index contributed by atoms with van der Waals surface area (Å²) in [7, 11) is 0. The van der Waals surface area contributed by atoms with Crippen LogP contribution < -0.4 is 10.1 Å². The summed E-state index contributed by atoms with van der Waals surface area (Å²) in [5.41, 5.74) is 4.21. The van der Waals surface area contributed by atoms with Crippen molar-refractivity contribution in [3.8, 4) is 5.75 Å². The fourth-order valence-corrected chi connectivity index (χ4v) is 4.49. The van der Waals surface area contributed by atoms with Crippen LogP contribution in [0.25, 0.3) is 0 Å². The number of hydrogen-bond acceptors (Lipinski definition) is 3. The molecule has 0 atom stereocenters. The zero-order chi connectivity index (χ0) is 22.6. The van der Waals surface area contributed by atoms with Crippen LogP contribution in [0.5, 0.6) is 5.75 Å². The molecule has 32 heavy (non-hydrogen) atoms. The molecule has 4 rings (SSSR count). The Labute approximate surface area is 194 Å². The van der Waals surface area contributed by atoms with E-state index in [-0.39, 0.29) is 5.91 Å². The number of carbonyl (C=O) groups excluding carboxylic acids is 1. The molecule has 1 saturated heterocycles. The average molecular weight is 450 g/mol. The quantitative estimate of drug-likeness (QED) is 0.485. The smallest absolute Gasteiger partial charge is 0.235 e. The van der Waals surface area contributed by atoms with E-state index in [0.29, 0.717) is 37.7 Å². The molecule has 1 fully saturated rings. The second-order valence-electron chi connectivity index (χ2n) is 8.37. The van der Waals surface area contributed by atoms with Gasteiger partial charge < -0.3 is 14.8 Å². The minimum Gasteiger partial charge on any atom is -0.488 e. The Bertz CT molecular complexity index is 1050. The van der Waals surface area contributed by atoms with Gasteiger partial charge in [-0.1, -0.05) is 54.1 Å². The normalized spacial score (nSPS) is 15.2. The summed E-state index contributed by atoms with van der Waals surface area (Å²) in [6, 6.07) is 21.6. The van der Waals surface area contributed by atoms with E-state index >= 15 is 0 Å². The third-order valence-corrected chi connectivity index (χ3v) is 6.37. The first-order chi connectivity index (χ1) is 15.5. The molecular formula is C27H28ClNO3. The molecule has 0 radical (unpaired) electrons. The minimum absolute atomic E-state index is 0.0140.